The third kappa shape index (κ3) is 5.58. The van der Waals surface area contributed by atoms with Crippen molar-refractivity contribution in [2.75, 3.05) is 27.2 Å². The van der Waals surface area contributed by atoms with E-state index in [2.05, 4.69) is 10.3 Å². The predicted molar refractivity (Wildman–Crippen MR) is 124 cm³/mol. The molecule has 0 spiro atoms. The second-order valence-corrected chi connectivity index (χ2v) is 8.54. The van der Waals surface area contributed by atoms with Gasteiger partial charge in [-0.2, -0.15) is 0 Å². The number of aromatic amines is 1. The number of rotatable bonds is 8. The minimum absolute atomic E-state index is 0.0611. The second-order valence-electron chi connectivity index (χ2n) is 8.54. The lowest BCUT2D eigenvalue weighted by Crippen LogP contribution is -2.33. The molecule has 0 aliphatic carbocycles. The van der Waals surface area contributed by atoms with Gasteiger partial charge in [-0.05, 0) is 49.2 Å². The molecule has 0 saturated heterocycles. The lowest BCUT2D eigenvalue weighted by atomic mass is 9.86. The minimum Gasteiger partial charge on any atom is -0.355 e. The van der Waals surface area contributed by atoms with Crippen LogP contribution < -0.4 is 10.9 Å². The van der Waals surface area contributed by atoms with E-state index in [1.165, 1.54) is 6.07 Å². The van der Waals surface area contributed by atoms with Gasteiger partial charge in [-0.3, -0.25) is 9.59 Å². The highest BCUT2D eigenvalue weighted by molar-refractivity contribution is 5.87. The smallest absolute Gasteiger partial charge is 0.251 e. The highest BCUT2D eigenvalue weighted by atomic mass is 19.1. The molecule has 31 heavy (non-hydrogen) atoms. The van der Waals surface area contributed by atoms with Gasteiger partial charge in [0.2, 0.25) is 5.91 Å². The van der Waals surface area contributed by atoms with Crippen LogP contribution in [-0.4, -0.2) is 43.0 Å². The van der Waals surface area contributed by atoms with E-state index >= 15 is 0 Å². The summed E-state index contributed by atoms with van der Waals surface area (Å²) < 4.78 is 14.2. The summed E-state index contributed by atoms with van der Waals surface area (Å²) in [7, 11) is 3.90. The number of carbonyl (C=O) groups excluding carboxylic acids is 1. The number of H-pyrrole nitrogens is 1. The number of aromatic nitrogens is 1. The largest absolute Gasteiger partial charge is 0.355 e. The predicted octanol–water partition coefficient (Wildman–Crippen LogP) is 4.14. The van der Waals surface area contributed by atoms with Crippen molar-refractivity contribution in [1.82, 2.24) is 15.2 Å². The number of amides is 1. The van der Waals surface area contributed by atoms with Gasteiger partial charge in [0.1, 0.15) is 5.82 Å². The highest BCUT2D eigenvalue weighted by Crippen LogP contribution is 2.28. The number of carbonyl (C=O) groups is 1. The monoisotopic (exact) mass is 423 g/mol. The van der Waals surface area contributed by atoms with Crippen LogP contribution in [0.25, 0.3) is 22.0 Å². The first-order valence-electron chi connectivity index (χ1n) is 10.6. The second kappa shape index (κ2) is 9.88. The molecule has 2 N–H and O–H groups in total. The molecule has 0 saturated carbocycles. The van der Waals surface area contributed by atoms with Crippen molar-refractivity contribution >= 4 is 16.7 Å². The zero-order chi connectivity index (χ0) is 22.5. The number of hydrogen-bond donors (Lipinski definition) is 2. The molecule has 6 heteroatoms. The average Bonchev–Trinajstić information content (AvgIpc) is 2.72. The molecular formula is C25H30FN3O2. The number of likely N-dealkylation sites (N-methyl/N-ethyl adjacent to an activating group) is 1. The van der Waals surface area contributed by atoms with E-state index < -0.39 is 0 Å². The van der Waals surface area contributed by atoms with Crippen molar-refractivity contribution in [2.45, 2.75) is 26.2 Å². The molecule has 1 amide bonds. The standard InChI is InChI=1S/C25H30FN3O2/c1-16(2)20(15-24(30)27-12-13-29(3)4)19-10-11-23(28-25(19)31)18-9-8-17-6-5-7-22(26)21(17)14-18/h5-11,14,16,20H,12-13,15H2,1-4H3,(H,27,30)(H,28,31). The van der Waals surface area contributed by atoms with Crippen molar-refractivity contribution in [3.63, 3.8) is 0 Å². The number of pyridine rings is 1. The summed E-state index contributed by atoms with van der Waals surface area (Å²) in [6.07, 6.45) is 0.259. The van der Waals surface area contributed by atoms with Crippen molar-refractivity contribution < 1.29 is 9.18 Å². The SMILES string of the molecule is CC(C)C(CC(=O)NCCN(C)C)c1ccc(-c2ccc3cccc(F)c3c2)[nH]c1=O. The van der Waals surface area contributed by atoms with E-state index in [0.29, 0.717) is 23.2 Å². The van der Waals surface area contributed by atoms with Crippen LogP contribution >= 0.6 is 0 Å². The van der Waals surface area contributed by atoms with Crippen LogP contribution in [0.4, 0.5) is 4.39 Å². The summed E-state index contributed by atoms with van der Waals surface area (Å²) in [5, 5.41) is 4.24. The molecule has 164 valence electrons. The molecule has 1 unspecified atom stereocenters. The average molecular weight is 424 g/mol. The van der Waals surface area contributed by atoms with Crippen LogP contribution in [0.15, 0.2) is 53.3 Å². The molecule has 0 radical (unpaired) electrons. The third-order valence-corrected chi connectivity index (χ3v) is 5.57. The van der Waals surface area contributed by atoms with Gasteiger partial charge in [0.15, 0.2) is 0 Å². The van der Waals surface area contributed by atoms with E-state index in [-0.39, 0.29) is 35.5 Å². The van der Waals surface area contributed by atoms with Gasteiger partial charge in [-0.15, -0.1) is 0 Å². The summed E-state index contributed by atoms with van der Waals surface area (Å²) >= 11 is 0. The fourth-order valence-corrected chi connectivity index (χ4v) is 3.74. The maximum Gasteiger partial charge on any atom is 0.251 e. The van der Waals surface area contributed by atoms with Crippen LogP contribution in [0.2, 0.25) is 0 Å². The van der Waals surface area contributed by atoms with Crippen molar-refractivity contribution in [2.24, 2.45) is 5.92 Å². The number of nitrogens with one attached hydrogen (secondary N) is 2. The number of nitrogens with zero attached hydrogens (tertiary/aromatic N) is 1. The maximum absolute atomic E-state index is 14.2. The van der Waals surface area contributed by atoms with Gasteiger partial charge in [-0.1, -0.05) is 44.2 Å². The van der Waals surface area contributed by atoms with Gasteiger partial charge in [0.05, 0.1) is 0 Å². The first-order valence-corrected chi connectivity index (χ1v) is 10.6. The van der Waals surface area contributed by atoms with Crippen LogP contribution in [0, 0.1) is 11.7 Å². The van der Waals surface area contributed by atoms with Crippen molar-refractivity contribution in [3.8, 4) is 11.3 Å². The first-order chi connectivity index (χ1) is 14.8. The summed E-state index contributed by atoms with van der Waals surface area (Å²) in [5.41, 5.74) is 1.74. The molecule has 3 aromatic rings. The van der Waals surface area contributed by atoms with Crippen molar-refractivity contribution in [1.29, 1.82) is 0 Å². The van der Waals surface area contributed by atoms with Gasteiger partial charge >= 0.3 is 0 Å². The normalized spacial score (nSPS) is 12.5. The quantitative estimate of drug-likeness (QED) is 0.572. The molecular weight excluding hydrogens is 393 g/mol. The Labute approximate surface area is 182 Å². The van der Waals surface area contributed by atoms with Gasteiger partial charge < -0.3 is 15.2 Å². The zero-order valence-electron chi connectivity index (χ0n) is 18.5. The molecule has 1 heterocycles. The number of hydrogen-bond acceptors (Lipinski definition) is 3. The van der Waals surface area contributed by atoms with Crippen LogP contribution in [-0.2, 0) is 4.79 Å². The van der Waals surface area contributed by atoms with E-state index in [0.717, 1.165) is 17.5 Å². The third-order valence-electron chi connectivity index (χ3n) is 5.57. The number of halogens is 1. The maximum atomic E-state index is 14.2. The number of benzene rings is 2. The Bertz CT molecular complexity index is 1120. The fourth-order valence-electron chi connectivity index (χ4n) is 3.74. The Kier molecular flexibility index (Phi) is 7.23. The molecule has 2 aromatic carbocycles. The highest BCUT2D eigenvalue weighted by Gasteiger charge is 2.22. The Hall–Kier alpha value is -2.99. The van der Waals surface area contributed by atoms with Crippen molar-refractivity contribution in [3.05, 3.63) is 70.3 Å². The topological polar surface area (TPSA) is 65.2 Å². The Morgan fingerprint density at radius 2 is 1.90 bits per heavy atom. The van der Waals surface area contributed by atoms with Crippen LogP contribution in [0.5, 0.6) is 0 Å². The Balaban J connectivity index is 1.83. The minimum atomic E-state index is -0.293. The Morgan fingerprint density at radius 3 is 2.58 bits per heavy atom. The molecule has 0 fully saturated rings. The van der Waals surface area contributed by atoms with E-state index in [1.54, 1.807) is 18.2 Å². The molecule has 5 nitrogen and oxygen atoms in total. The summed E-state index contributed by atoms with van der Waals surface area (Å²) in [4.78, 5) is 30.2. The van der Waals surface area contributed by atoms with Crippen LogP contribution in [0.1, 0.15) is 31.7 Å². The first kappa shape index (κ1) is 22.7. The van der Waals surface area contributed by atoms with E-state index in [1.807, 2.05) is 57.1 Å². The lowest BCUT2D eigenvalue weighted by Gasteiger charge is -2.21. The van der Waals surface area contributed by atoms with E-state index in [9.17, 15) is 14.0 Å². The molecule has 0 bridgehead atoms. The van der Waals surface area contributed by atoms with Gasteiger partial charge in [0.25, 0.3) is 5.56 Å². The molecule has 1 atom stereocenters. The molecule has 3 rings (SSSR count). The van der Waals surface area contributed by atoms with E-state index in [4.69, 9.17) is 0 Å². The summed E-state index contributed by atoms with van der Waals surface area (Å²) in [5.74, 6) is -0.417. The lowest BCUT2D eigenvalue weighted by molar-refractivity contribution is -0.121. The van der Waals surface area contributed by atoms with Gasteiger partial charge in [-0.25, -0.2) is 4.39 Å². The molecule has 1 aromatic heterocycles. The summed E-state index contributed by atoms with van der Waals surface area (Å²) in [6.45, 7) is 5.36. The number of fused-ring (bicyclic) bond motifs is 1. The van der Waals surface area contributed by atoms with Gasteiger partial charge in [0, 0.05) is 42.1 Å². The fraction of sp³-hybridized carbons (Fsp3) is 0.360. The Morgan fingerprint density at radius 1 is 1.13 bits per heavy atom. The summed E-state index contributed by atoms with van der Waals surface area (Å²) in [6, 6.07) is 14.0. The molecule has 0 aliphatic heterocycles. The molecule has 0 aliphatic rings. The van der Waals surface area contributed by atoms with Crippen LogP contribution in [0.3, 0.4) is 0 Å². The zero-order valence-corrected chi connectivity index (χ0v) is 18.5.